The molecule has 1 atom stereocenters. The number of hydrogen-bond donors (Lipinski definition) is 2. The second-order valence-electron chi connectivity index (χ2n) is 3.87. The summed E-state index contributed by atoms with van der Waals surface area (Å²) in [5.74, 6) is 0. The van der Waals surface area contributed by atoms with Crippen molar-refractivity contribution in [2.45, 2.75) is 44.6 Å². The average Bonchev–Trinajstić information content (AvgIpc) is 2.43. The van der Waals surface area contributed by atoms with Crippen LogP contribution in [-0.4, -0.2) is 24.3 Å². The van der Waals surface area contributed by atoms with Crippen LogP contribution in [-0.2, 0) is 9.09 Å². The predicted molar refractivity (Wildman–Crippen MR) is 56.3 cm³/mol. The highest BCUT2D eigenvalue weighted by molar-refractivity contribution is 7.52. The highest BCUT2D eigenvalue weighted by Gasteiger charge is 2.19. The van der Waals surface area contributed by atoms with Gasteiger partial charge < -0.3 is 14.7 Å². The van der Waals surface area contributed by atoms with Gasteiger partial charge in [0.05, 0.1) is 6.29 Å². The number of nitrogens with one attached hydrogen (secondary N) is 1. The van der Waals surface area contributed by atoms with Gasteiger partial charge in [-0.2, -0.15) is 0 Å². The first kappa shape index (κ1) is 12.2. The molecular weight excluding hydrogens is 201 g/mol. The van der Waals surface area contributed by atoms with Crippen LogP contribution in [0.3, 0.4) is 0 Å². The second kappa shape index (κ2) is 5.86. The molecule has 0 aliphatic heterocycles. The quantitative estimate of drug-likeness (QED) is 0.563. The van der Waals surface area contributed by atoms with Crippen LogP contribution in [0.5, 0.6) is 0 Å². The molecule has 0 amide bonds. The van der Waals surface area contributed by atoms with Gasteiger partial charge in [-0.15, -0.1) is 0 Å². The van der Waals surface area contributed by atoms with Crippen LogP contribution < -0.4 is 5.32 Å². The van der Waals surface area contributed by atoms with E-state index in [1.54, 1.807) is 0 Å². The van der Waals surface area contributed by atoms with Crippen molar-refractivity contribution in [2.75, 3.05) is 13.4 Å². The van der Waals surface area contributed by atoms with Crippen LogP contribution in [0.1, 0.15) is 38.5 Å². The lowest BCUT2D eigenvalue weighted by molar-refractivity contribution is 0.307. The second-order valence-corrected chi connectivity index (χ2v) is 5.83. The number of rotatable bonds is 4. The lowest BCUT2D eigenvalue weighted by Crippen LogP contribution is -2.29. The molecule has 0 spiro atoms. The van der Waals surface area contributed by atoms with Gasteiger partial charge in [-0.3, -0.25) is 4.57 Å². The van der Waals surface area contributed by atoms with E-state index in [0.29, 0.717) is 6.04 Å². The Balaban J connectivity index is 2.25. The average molecular weight is 221 g/mol. The van der Waals surface area contributed by atoms with Gasteiger partial charge in [0.25, 0.3) is 0 Å². The first-order chi connectivity index (χ1) is 6.64. The van der Waals surface area contributed by atoms with Crippen LogP contribution in [0, 0.1) is 0 Å². The predicted octanol–water partition coefficient (Wildman–Crippen LogP) is 2.09. The molecule has 1 aliphatic rings. The fourth-order valence-electron chi connectivity index (χ4n) is 1.79. The van der Waals surface area contributed by atoms with Crippen LogP contribution in [0.2, 0.25) is 0 Å². The van der Waals surface area contributed by atoms with E-state index in [1.165, 1.54) is 32.8 Å². The van der Waals surface area contributed by atoms with Gasteiger partial charge in [-0.25, -0.2) is 0 Å². The third kappa shape index (κ3) is 4.56. The van der Waals surface area contributed by atoms with Crippen molar-refractivity contribution in [1.82, 2.24) is 5.32 Å². The van der Waals surface area contributed by atoms with Crippen LogP contribution in [0.15, 0.2) is 0 Å². The molecule has 1 unspecified atom stereocenters. The molecule has 1 aliphatic carbocycles. The lowest BCUT2D eigenvalue weighted by atomic mass is 10.1. The molecule has 0 saturated heterocycles. The summed E-state index contributed by atoms with van der Waals surface area (Å²) in [6.07, 6.45) is 7.33. The minimum atomic E-state index is -3.37. The summed E-state index contributed by atoms with van der Waals surface area (Å²) in [6.45, 7) is 0. The van der Waals surface area contributed by atoms with Crippen molar-refractivity contribution in [1.29, 1.82) is 0 Å². The summed E-state index contributed by atoms with van der Waals surface area (Å²) in [5, 5.41) is 3.11. The van der Waals surface area contributed by atoms with Crippen molar-refractivity contribution in [3.05, 3.63) is 0 Å². The van der Waals surface area contributed by atoms with Gasteiger partial charge in [-0.05, 0) is 12.8 Å². The first-order valence-electron chi connectivity index (χ1n) is 5.25. The molecule has 0 heterocycles. The van der Waals surface area contributed by atoms with Gasteiger partial charge >= 0.3 is 7.60 Å². The zero-order chi connectivity index (χ0) is 10.4. The molecule has 0 aromatic rings. The number of hydrogen-bond acceptors (Lipinski definition) is 3. The topological polar surface area (TPSA) is 58.6 Å². The van der Waals surface area contributed by atoms with E-state index < -0.39 is 7.60 Å². The summed E-state index contributed by atoms with van der Waals surface area (Å²) in [4.78, 5) is 9.19. The lowest BCUT2D eigenvalue weighted by Gasteiger charge is -2.17. The standard InChI is InChI=1S/C9H20NO3P/c1-13-14(11,12)8-10-9-6-4-2-3-5-7-9/h9-10H,2-8H2,1H3,(H,11,12). The van der Waals surface area contributed by atoms with E-state index in [1.807, 2.05) is 0 Å². The highest BCUT2D eigenvalue weighted by atomic mass is 31.2. The third-order valence-electron chi connectivity index (χ3n) is 2.72. The molecule has 0 aromatic carbocycles. The Labute approximate surface area is 85.6 Å². The van der Waals surface area contributed by atoms with E-state index >= 15 is 0 Å². The van der Waals surface area contributed by atoms with Crippen LogP contribution >= 0.6 is 7.60 Å². The van der Waals surface area contributed by atoms with Gasteiger partial charge in [0.2, 0.25) is 0 Å². The van der Waals surface area contributed by atoms with Gasteiger partial charge in [0.15, 0.2) is 0 Å². The van der Waals surface area contributed by atoms with Crippen molar-refractivity contribution in [3.63, 3.8) is 0 Å². The smallest absolute Gasteiger partial charge is 0.323 e. The maximum absolute atomic E-state index is 11.2. The van der Waals surface area contributed by atoms with Gasteiger partial charge in [0, 0.05) is 13.2 Å². The zero-order valence-electron chi connectivity index (χ0n) is 8.74. The molecule has 4 nitrogen and oxygen atoms in total. The Morgan fingerprint density at radius 1 is 1.36 bits per heavy atom. The highest BCUT2D eigenvalue weighted by Crippen LogP contribution is 2.39. The Morgan fingerprint density at radius 2 is 1.93 bits per heavy atom. The fourth-order valence-corrected chi connectivity index (χ4v) is 2.41. The van der Waals surface area contributed by atoms with E-state index in [4.69, 9.17) is 0 Å². The molecule has 0 bridgehead atoms. The van der Waals surface area contributed by atoms with E-state index in [0.717, 1.165) is 12.8 Å². The van der Waals surface area contributed by atoms with E-state index in [2.05, 4.69) is 9.84 Å². The zero-order valence-corrected chi connectivity index (χ0v) is 9.63. The van der Waals surface area contributed by atoms with Gasteiger partial charge in [-0.1, -0.05) is 25.7 Å². The van der Waals surface area contributed by atoms with E-state index in [-0.39, 0.29) is 6.29 Å². The fraction of sp³-hybridized carbons (Fsp3) is 1.00. The summed E-state index contributed by atoms with van der Waals surface area (Å²) in [7, 11) is -2.09. The largest absolute Gasteiger partial charge is 0.341 e. The third-order valence-corrected chi connectivity index (χ3v) is 3.87. The molecule has 1 fully saturated rings. The molecule has 84 valence electrons. The Hall–Kier alpha value is 0.110. The van der Waals surface area contributed by atoms with Crippen LogP contribution in [0.25, 0.3) is 0 Å². The normalized spacial score (nSPS) is 24.1. The Kier molecular flexibility index (Phi) is 5.10. The first-order valence-corrected chi connectivity index (χ1v) is 7.01. The summed E-state index contributed by atoms with van der Waals surface area (Å²) in [6, 6.07) is 0.396. The van der Waals surface area contributed by atoms with E-state index in [9.17, 15) is 9.46 Å². The van der Waals surface area contributed by atoms with Crippen molar-refractivity contribution >= 4 is 7.60 Å². The monoisotopic (exact) mass is 221 g/mol. The molecule has 5 heteroatoms. The SMILES string of the molecule is COP(=O)(O)CNC1CCCCCC1. The Bertz CT molecular complexity index is 202. The maximum atomic E-state index is 11.2. The minimum absolute atomic E-state index is 0.0775. The summed E-state index contributed by atoms with van der Waals surface area (Å²) < 4.78 is 15.7. The molecule has 2 N–H and O–H groups in total. The molecular formula is C9H20NO3P. The molecule has 0 radical (unpaired) electrons. The summed E-state index contributed by atoms with van der Waals surface area (Å²) in [5.41, 5.74) is 0. The molecule has 1 rings (SSSR count). The van der Waals surface area contributed by atoms with Crippen molar-refractivity contribution in [2.24, 2.45) is 0 Å². The Morgan fingerprint density at radius 3 is 2.43 bits per heavy atom. The molecule has 1 saturated carbocycles. The minimum Gasteiger partial charge on any atom is -0.323 e. The van der Waals surface area contributed by atoms with Crippen molar-refractivity contribution in [3.8, 4) is 0 Å². The molecule has 0 aromatic heterocycles. The molecule has 14 heavy (non-hydrogen) atoms. The van der Waals surface area contributed by atoms with Crippen LogP contribution in [0.4, 0.5) is 0 Å². The maximum Gasteiger partial charge on any atom is 0.341 e. The van der Waals surface area contributed by atoms with Gasteiger partial charge in [0.1, 0.15) is 0 Å². The summed E-state index contributed by atoms with van der Waals surface area (Å²) >= 11 is 0. The van der Waals surface area contributed by atoms with Crippen molar-refractivity contribution < 1.29 is 14.0 Å².